The molecule has 3 N–H and O–H groups in total. The minimum absolute atomic E-state index is 0. The lowest BCUT2D eigenvalue weighted by molar-refractivity contribution is 0.265. The van der Waals surface area contributed by atoms with Crippen molar-refractivity contribution in [3.05, 3.63) is 58.3 Å². The molecule has 0 spiro atoms. The van der Waals surface area contributed by atoms with Gasteiger partial charge in [0.1, 0.15) is 0 Å². The molecule has 6 heteroatoms. The predicted octanol–water partition coefficient (Wildman–Crippen LogP) is 3.49. The highest BCUT2D eigenvalue weighted by Crippen LogP contribution is 2.14. The van der Waals surface area contributed by atoms with Gasteiger partial charge in [0.2, 0.25) is 0 Å². The molecule has 0 aliphatic heterocycles. The zero-order chi connectivity index (χ0) is 17.2. The molecule has 0 radical (unpaired) electrons. The van der Waals surface area contributed by atoms with E-state index in [1.165, 1.54) is 4.88 Å². The Labute approximate surface area is 171 Å². The molecule has 1 aromatic heterocycles. The van der Waals surface area contributed by atoms with Crippen molar-refractivity contribution >= 4 is 41.3 Å². The van der Waals surface area contributed by atoms with Crippen molar-refractivity contribution in [2.24, 2.45) is 10.9 Å². The van der Waals surface area contributed by atoms with Crippen LogP contribution in [0.2, 0.25) is 0 Å². The molecular weight excluding hydrogens is 445 g/mol. The summed E-state index contributed by atoms with van der Waals surface area (Å²) < 4.78 is 0. The van der Waals surface area contributed by atoms with Crippen LogP contribution in [0.3, 0.4) is 0 Å². The lowest BCUT2D eigenvalue weighted by Crippen LogP contribution is -2.41. The van der Waals surface area contributed by atoms with E-state index in [9.17, 15) is 5.11 Å². The number of nitrogens with one attached hydrogen (secondary N) is 2. The first-order valence-electron chi connectivity index (χ1n) is 8.35. The number of guanidine groups is 1. The van der Waals surface area contributed by atoms with E-state index in [0.717, 1.165) is 24.5 Å². The smallest absolute Gasteiger partial charge is 0.191 e. The van der Waals surface area contributed by atoms with E-state index in [0.29, 0.717) is 12.5 Å². The number of hydrogen-bond acceptors (Lipinski definition) is 3. The molecule has 0 aliphatic carbocycles. The molecule has 25 heavy (non-hydrogen) atoms. The van der Waals surface area contributed by atoms with E-state index in [2.05, 4.69) is 40.1 Å². The minimum Gasteiger partial charge on any atom is -0.396 e. The predicted molar refractivity (Wildman–Crippen MR) is 118 cm³/mol. The Hall–Kier alpha value is -1.12. The van der Waals surface area contributed by atoms with E-state index in [1.54, 1.807) is 18.4 Å². The summed E-state index contributed by atoms with van der Waals surface area (Å²) in [6.07, 6.45) is 1.07. The fourth-order valence-corrected chi connectivity index (χ4v) is 3.44. The maximum Gasteiger partial charge on any atom is 0.191 e. The molecule has 2 unspecified atom stereocenters. The van der Waals surface area contributed by atoms with Crippen LogP contribution < -0.4 is 10.6 Å². The molecule has 1 heterocycles. The first-order valence-corrected chi connectivity index (χ1v) is 9.23. The zero-order valence-electron chi connectivity index (χ0n) is 14.8. The third kappa shape index (κ3) is 7.75. The number of aliphatic imine (C=N–C) groups is 1. The number of halogens is 1. The van der Waals surface area contributed by atoms with E-state index in [4.69, 9.17) is 0 Å². The van der Waals surface area contributed by atoms with Gasteiger partial charge in [-0.2, -0.15) is 0 Å². The third-order valence-electron chi connectivity index (χ3n) is 3.98. The van der Waals surface area contributed by atoms with Gasteiger partial charge in [0, 0.05) is 30.9 Å². The van der Waals surface area contributed by atoms with Gasteiger partial charge in [-0.1, -0.05) is 43.3 Å². The molecule has 2 aromatic rings. The van der Waals surface area contributed by atoms with Crippen molar-refractivity contribution in [1.82, 2.24) is 10.6 Å². The minimum atomic E-state index is 0. The van der Waals surface area contributed by atoms with Gasteiger partial charge in [-0.15, -0.1) is 35.3 Å². The second kappa shape index (κ2) is 12.3. The molecule has 138 valence electrons. The highest BCUT2D eigenvalue weighted by molar-refractivity contribution is 14.0. The van der Waals surface area contributed by atoms with Crippen molar-refractivity contribution in [2.75, 3.05) is 26.7 Å². The van der Waals surface area contributed by atoms with Crippen LogP contribution in [0.25, 0.3) is 0 Å². The van der Waals surface area contributed by atoms with Crippen LogP contribution in [-0.4, -0.2) is 37.8 Å². The number of rotatable bonds is 8. The molecule has 0 saturated heterocycles. The van der Waals surface area contributed by atoms with Crippen LogP contribution in [0.1, 0.15) is 23.3 Å². The molecule has 0 aliphatic rings. The Bertz CT molecular complexity index is 604. The van der Waals surface area contributed by atoms with Gasteiger partial charge in [-0.05, 0) is 29.3 Å². The Balaban J connectivity index is 0.00000312. The van der Waals surface area contributed by atoms with Crippen LogP contribution >= 0.6 is 35.3 Å². The topological polar surface area (TPSA) is 56.7 Å². The summed E-state index contributed by atoms with van der Waals surface area (Å²) in [5.74, 6) is 1.38. The van der Waals surface area contributed by atoms with Crippen molar-refractivity contribution in [3.63, 3.8) is 0 Å². The summed E-state index contributed by atoms with van der Waals surface area (Å²) in [6, 6.07) is 14.3. The van der Waals surface area contributed by atoms with E-state index < -0.39 is 0 Å². The highest BCUT2D eigenvalue weighted by Gasteiger charge is 2.11. The van der Waals surface area contributed by atoms with Crippen LogP contribution in [0, 0.1) is 5.92 Å². The van der Waals surface area contributed by atoms with Gasteiger partial charge < -0.3 is 15.7 Å². The summed E-state index contributed by atoms with van der Waals surface area (Å²) >= 11 is 1.80. The molecule has 0 fully saturated rings. The number of aliphatic hydroxyl groups is 1. The molecule has 1 aromatic carbocycles. The Morgan fingerprint density at radius 3 is 2.44 bits per heavy atom. The Kier molecular flexibility index (Phi) is 10.8. The molecule has 2 atom stereocenters. The summed E-state index contributed by atoms with van der Waals surface area (Å²) in [5.41, 5.74) is 1.13. The van der Waals surface area contributed by atoms with Crippen LogP contribution in [-0.2, 0) is 6.42 Å². The van der Waals surface area contributed by atoms with Gasteiger partial charge in [-0.3, -0.25) is 4.99 Å². The molecule has 0 bridgehead atoms. The van der Waals surface area contributed by atoms with Gasteiger partial charge in [0.15, 0.2) is 5.96 Å². The van der Waals surface area contributed by atoms with Crippen molar-refractivity contribution in [1.29, 1.82) is 0 Å². The van der Waals surface area contributed by atoms with E-state index >= 15 is 0 Å². The number of benzene rings is 1. The first-order chi connectivity index (χ1) is 11.7. The molecular formula is C19H28IN3OS. The monoisotopic (exact) mass is 473 g/mol. The molecule has 4 nitrogen and oxygen atoms in total. The lowest BCUT2D eigenvalue weighted by atomic mass is 10.0. The SMILES string of the molecule is CN=C(NCC(C)Cc1cccs1)NCC(CO)c1ccccc1.I. The second-order valence-electron chi connectivity index (χ2n) is 6.01. The number of aliphatic hydroxyl groups excluding tert-OH is 1. The maximum absolute atomic E-state index is 9.63. The van der Waals surface area contributed by atoms with Crippen LogP contribution in [0.15, 0.2) is 52.8 Å². The van der Waals surface area contributed by atoms with Gasteiger partial charge in [0.25, 0.3) is 0 Å². The van der Waals surface area contributed by atoms with Crippen LogP contribution in [0.4, 0.5) is 0 Å². The first kappa shape index (κ1) is 21.9. The summed E-state index contributed by atoms with van der Waals surface area (Å²) in [5, 5.41) is 18.4. The van der Waals surface area contributed by atoms with E-state index in [1.807, 2.05) is 30.3 Å². The summed E-state index contributed by atoms with van der Waals surface area (Å²) in [7, 11) is 1.77. The number of thiophene rings is 1. The van der Waals surface area contributed by atoms with E-state index in [-0.39, 0.29) is 36.5 Å². The third-order valence-corrected chi connectivity index (χ3v) is 4.88. The van der Waals surface area contributed by atoms with Crippen molar-refractivity contribution in [3.8, 4) is 0 Å². The fraction of sp³-hybridized carbons (Fsp3) is 0.421. The van der Waals surface area contributed by atoms with Gasteiger partial charge in [-0.25, -0.2) is 0 Å². The average Bonchev–Trinajstić information content (AvgIpc) is 3.12. The fourth-order valence-electron chi connectivity index (χ4n) is 2.57. The summed E-state index contributed by atoms with van der Waals surface area (Å²) in [4.78, 5) is 5.69. The largest absolute Gasteiger partial charge is 0.396 e. The quantitative estimate of drug-likeness (QED) is 0.313. The standard InChI is InChI=1S/C19H27N3OS.HI/c1-15(11-18-9-6-10-24-18)12-21-19(20-2)22-13-17(14-23)16-7-4-3-5-8-16;/h3-10,15,17,23H,11-14H2,1-2H3,(H2,20,21,22);1H. The van der Waals surface area contributed by atoms with Crippen LogP contribution in [0.5, 0.6) is 0 Å². The lowest BCUT2D eigenvalue weighted by Gasteiger charge is -2.19. The second-order valence-corrected chi connectivity index (χ2v) is 7.05. The Morgan fingerprint density at radius 2 is 1.84 bits per heavy atom. The van der Waals surface area contributed by atoms with Gasteiger partial charge in [0.05, 0.1) is 6.61 Å². The highest BCUT2D eigenvalue weighted by atomic mass is 127. The number of nitrogens with zero attached hydrogens (tertiary/aromatic N) is 1. The van der Waals surface area contributed by atoms with Crippen molar-refractivity contribution < 1.29 is 5.11 Å². The molecule has 0 amide bonds. The maximum atomic E-state index is 9.63. The van der Waals surface area contributed by atoms with Crippen molar-refractivity contribution in [2.45, 2.75) is 19.3 Å². The molecule has 0 saturated carbocycles. The number of hydrogen-bond donors (Lipinski definition) is 3. The zero-order valence-corrected chi connectivity index (χ0v) is 18.0. The summed E-state index contributed by atoms with van der Waals surface area (Å²) in [6.45, 7) is 3.87. The van der Waals surface area contributed by atoms with Gasteiger partial charge >= 0.3 is 0 Å². The Morgan fingerprint density at radius 1 is 1.12 bits per heavy atom. The average molecular weight is 473 g/mol. The normalized spacial score (nSPS) is 13.6. The molecule has 2 rings (SSSR count).